The fraction of sp³-hybridized carbons (Fsp3) is 0.167. The fourth-order valence-corrected chi connectivity index (χ4v) is 1.98. The Bertz CT molecular complexity index is 651. The summed E-state index contributed by atoms with van der Waals surface area (Å²) in [5, 5.41) is 22.8. The number of aromatic hydroxyl groups is 1. The summed E-state index contributed by atoms with van der Waals surface area (Å²) in [4.78, 5) is 10.9. The molecule has 2 N–H and O–H groups in total. The topological polar surface area (TPSA) is 84.6 Å². The molecule has 7 heteroatoms. The molecule has 1 aromatic heterocycles. The lowest BCUT2D eigenvalue weighted by molar-refractivity contribution is 0.0689. The van der Waals surface area contributed by atoms with E-state index >= 15 is 0 Å². The Morgan fingerprint density at radius 3 is 2.63 bits per heavy atom. The van der Waals surface area contributed by atoms with Crippen molar-refractivity contribution < 1.29 is 19.7 Å². The second-order valence-electron chi connectivity index (χ2n) is 3.85. The molecule has 19 heavy (non-hydrogen) atoms. The van der Waals surface area contributed by atoms with Crippen LogP contribution in [0.2, 0.25) is 5.02 Å². The minimum absolute atomic E-state index is 0.0834. The van der Waals surface area contributed by atoms with Gasteiger partial charge in [0.1, 0.15) is 0 Å². The van der Waals surface area contributed by atoms with Crippen LogP contribution in [0, 0.1) is 0 Å². The lowest BCUT2D eigenvalue weighted by Crippen LogP contribution is -1.99. The van der Waals surface area contributed by atoms with Crippen molar-refractivity contribution in [3.05, 3.63) is 28.9 Å². The van der Waals surface area contributed by atoms with Gasteiger partial charge in [0.2, 0.25) is 0 Å². The molecule has 0 saturated carbocycles. The molecule has 0 fully saturated rings. The number of hydrogen-bond donors (Lipinski definition) is 2. The molecular formula is C12H11ClN2O4. The predicted octanol–water partition coefficient (Wildman–Crippen LogP) is 2.15. The van der Waals surface area contributed by atoms with E-state index in [0.717, 1.165) is 0 Å². The second-order valence-corrected chi connectivity index (χ2v) is 4.25. The third-order valence-electron chi connectivity index (χ3n) is 2.64. The number of phenolic OH excluding ortho intramolecular Hbond substituents is 1. The largest absolute Gasteiger partial charge is 0.504 e. The number of nitrogens with zero attached hydrogens (tertiary/aromatic N) is 2. The van der Waals surface area contributed by atoms with E-state index in [1.54, 1.807) is 7.05 Å². The van der Waals surface area contributed by atoms with Crippen LogP contribution >= 0.6 is 11.6 Å². The first-order valence-electron chi connectivity index (χ1n) is 5.28. The lowest BCUT2D eigenvalue weighted by atomic mass is 10.1. The van der Waals surface area contributed by atoms with E-state index in [1.807, 2.05) is 0 Å². The van der Waals surface area contributed by atoms with Crippen molar-refractivity contribution in [2.45, 2.75) is 0 Å². The van der Waals surface area contributed by atoms with Crippen molar-refractivity contribution in [3.63, 3.8) is 0 Å². The van der Waals surface area contributed by atoms with Crippen LogP contribution in [0.3, 0.4) is 0 Å². The van der Waals surface area contributed by atoms with Gasteiger partial charge in [0.25, 0.3) is 0 Å². The number of phenols is 1. The van der Waals surface area contributed by atoms with Gasteiger partial charge in [-0.05, 0) is 12.1 Å². The summed E-state index contributed by atoms with van der Waals surface area (Å²) in [5.74, 6) is -0.968. The molecule has 2 rings (SSSR count). The van der Waals surface area contributed by atoms with Gasteiger partial charge in [-0.3, -0.25) is 4.68 Å². The summed E-state index contributed by atoms with van der Waals surface area (Å²) in [7, 11) is 3.01. The van der Waals surface area contributed by atoms with Gasteiger partial charge >= 0.3 is 5.97 Å². The molecule has 0 atom stereocenters. The molecule has 100 valence electrons. The summed E-state index contributed by atoms with van der Waals surface area (Å²) in [6.45, 7) is 0. The highest BCUT2D eigenvalue weighted by atomic mass is 35.5. The highest BCUT2D eigenvalue weighted by Crippen LogP contribution is 2.37. The number of aryl methyl sites for hydroxylation is 1. The van der Waals surface area contributed by atoms with E-state index in [2.05, 4.69) is 5.10 Å². The van der Waals surface area contributed by atoms with Gasteiger partial charge in [-0.1, -0.05) is 11.6 Å². The second kappa shape index (κ2) is 4.81. The lowest BCUT2D eigenvalue weighted by Gasteiger charge is -2.09. The number of hydrogen-bond acceptors (Lipinski definition) is 4. The number of benzene rings is 1. The molecule has 0 aliphatic heterocycles. The maximum atomic E-state index is 10.9. The van der Waals surface area contributed by atoms with Crippen LogP contribution in [-0.4, -0.2) is 33.1 Å². The molecule has 0 amide bonds. The van der Waals surface area contributed by atoms with E-state index in [-0.39, 0.29) is 17.2 Å². The Labute approximate surface area is 113 Å². The molecule has 0 aliphatic carbocycles. The molecule has 0 bridgehead atoms. The smallest absolute Gasteiger partial charge is 0.356 e. The number of aromatic carboxylic acids is 1. The normalized spacial score (nSPS) is 10.5. The predicted molar refractivity (Wildman–Crippen MR) is 68.8 cm³/mol. The van der Waals surface area contributed by atoms with Gasteiger partial charge in [0.15, 0.2) is 17.2 Å². The molecule has 0 radical (unpaired) electrons. The van der Waals surface area contributed by atoms with E-state index in [9.17, 15) is 9.90 Å². The first-order chi connectivity index (χ1) is 8.93. The zero-order valence-corrected chi connectivity index (χ0v) is 11.0. The zero-order chi connectivity index (χ0) is 14.2. The maximum absolute atomic E-state index is 10.9. The number of aromatic nitrogens is 2. The van der Waals surface area contributed by atoms with Crippen LogP contribution in [0.4, 0.5) is 0 Å². The quantitative estimate of drug-likeness (QED) is 0.901. The Morgan fingerprint density at radius 1 is 1.42 bits per heavy atom. The minimum Gasteiger partial charge on any atom is -0.504 e. The van der Waals surface area contributed by atoms with Gasteiger partial charge in [0, 0.05) is 18.7 Å². The number of methoxy groups -OCH3 is 1. The molecule has 2 aromatic rings. The van der Waals surface area contributed by atoms with E-state index in [4.69, 9.17) is 21.4 Å². The Morgan fingerprint density at radius 2 is 2.11 bits per heavy atom. The molecule has 0 saturated heterocycles. The van der Waals surface area contributed by atoms with Gasteiger partial charge < -0.3 is 14.9 Å². The Hall–Kier alpha value is -2.21. The molecule has 6 nitrogen and oxygen atoms in total. The number of ether oxygens (including phenoxy) is 1. The van der Waals surface area contributed by atoms with Crippen LogP contribution in [0.25, 0.3) is 11.3 Å². The first-order valence-corrected chi connectivity index (χ1v) is 5.66. The van der Waals surface area contributed by atoms with E-state index in [1.165, 1.54) is 30.0 Å². The highest BCUT2D eigenvalue weighted by molar-refractivity contribution is 6.33. The molecule has 0 aliphatic rings. The van der Waals surface area contributed by atoms with Crippen LogP contribution in [-0.2, 0) is 7.05 Å². The van der Waals surface area contributed by atoms with Crippen molar-refractivity contribution >= 4 is 17.6 Å². The van der Waals surface area contributed by atoms with Gasteiger partial charge in [-0.25, -0.2) is 4.79 Å². The van der Waals surface area contributed by atoms with Crippen molar-refractivity contribution in [2.24, 2.45) is 7.05 Å². The average Bonchev–Trinajstić information content (AvgIpc) is 2.74. The van der Waals surface area contributed by atoms with Gasteiger partial charge in [0.05, 0.1) is 17.8 Å². The number of carboxylic acids is 1. The molecule has 1 aromatic carbocycles. The number of halogens is 1. The monoisotopic (exact) mass is 282 g/mol. The number of carbonyl (C=O) groups is 1. The third kappa shape index (κ3) is 2.34. The molecule has 1 heterocycles. The number of rotatable bonds is 3. The molecule has 0 spiro atoms. The fourth-order valence-electron chi connectivity index (χ4n) is 1.73. The third-order valence-corrected chi connectivity index (χ3v) is 2.96. The van der Waals surface area contributed by atoms with Crippen LogP contribution in [0.5, 0.6) is 11.5 Å². The van der Waals surface area contributed by atoms with Crippen molar-refractivity contribution in [1.82, 2.24) is 9.78 Å². The van der Waals surface area contributed by atoms with Crippen molar-refractivity contribution in [2.75, 3.05) is 7.11 Å². The maximum Gasteiger partial charge on any atom is 0.356 e. The van der Waals surface area contributed by atoms with Crippen LogP contribution in [0.15, 0.2) is 18.2 Å². The van der Waals surface area contributed by atoms with Crippen LogP contribution in [0.1, 0.15) is 10.5 Å². The zero-order valence-electron chi connectivity index (χ0n) is 10.2. The minimum atomic E-state index is -1.13. The first kappa shape index (κ1) is 13.2. The standard InChI is InChI=1S/C12H11ClN2O4/c1-15-9(5-8(14-15)12(17)18)6-3-10(16)11(19-2)4-7(6)13/h3-5,16H,1-2H3,(H,17,18). The summed E-state index contributed by atoms with van der Waals surface area (Å²) in [5.41, 5.74) is 0.867. The van der Waals surface area contributed by atoms with Crippen molar-refractivity contribution in [3.8, 4) is 22.8 Å². The summed E-state index contributed by atoms with van der Waals surface area (Å²) in [6.07, 6.45) is 0. The summed E-state index contributed by atoms with van der Waals surface area (Å²) >= 11 is 6.10. The van der Waals surface area contributed by atoms with E-state index in [0.29, 0.717) is 16.3 Å². The van der Waals surface area contributed by atoms with Crippen molar-refractivity contribution in [1.29, 1.82) is 0 Å². The summed E-state index contributed by atoms with van der Waals surface area (Å²) in [6, 6.07) is 4.25. The highest BCUT2D eigenvalue weighted by Gasteiger charge is 2.17. The Balaban J connectivity index is 2.59. The molecule has 0 unspecified atom stereocenters. The van der Waals surface area contributed by atoms with Gasteiger partial charge in [-0.2, -0.15) is 5.10 Å². The number of carboxylic acid groups (broad SMARTS) is 1. The Kier molecular flexibility index (Phi) is 3.35. The summed E-state index contributed by atoms with van der Waals surface area (Å²) < 4.78 is 6.32. The molecular weight excluding hydrogens is 272 g/mol. The van der Waals surface area contributed by atoms with Crippen LogP contribution < -0.4 is 4.74 Å². The SMILES string of the molecule is COc1cc(Cl)c(-c2cc(C(=O)O)nn2C)cc1O. The average molecular weight is 283 g/mol. The van der Waals surface area contributed by atoms with Gasteiger partial charge in [-0.15, -0.1) is 0 Å². The van der Waals surface area contributed by atoms with E-state index < -0.39 is 5.97 Å².